The molecule has 0 saturated heterocycles. The van der Waals surface area contributed by atoms with Gasteiger partial charge in [-0.1, -0.05) is 243 Å². The molecule has 0 unspecified atom stereocenters. The van der Waals surface area contributed by atoms with Crippen molar-refractivity contribution in [1.29, 1.82) is 0 Å². The van der Waals surface area contributed by atoms with E-state index in [-0.39, 0.29) is 58.2 Å². The number of carbonyl (C=O) groups excluding carboxylic acids is 1. The van der Waals surface area contributed by atoms with Gasteiger partial charge in [0.15, 0.2) is 23.0 Å². The van der Waals surface area contributed by atoms with E-state index in [1.165, 1.54) is 0 Å². The highest BCUT2D eigenvalue weighted by Gasteiger charge is 2.37. The number of amides is 1. The summed E-state index contributed by atoms with van der Waals surface area (Å²) in [6, 6.07) is 89.8. The molecule has 11 heteroatoms. The fraction of sp³-hybridized carbons (Fsp3) is 0.141. The van der Waals surface area contributed by atoms with Crippen molar-refractivity contribution < 1.29 is 47.4 Å². The van der Waals surface area contributed by atoms with Crippen LogP contribution in [0.15, 0.2) is 279 Å². The summed E-state index contributed by atoms with van der Waals surface area (Å²) >= 11 is 0. The van der Waals surface area contributed by atoms with Crippen molar-refractivity contribution in [3.63, 3.8) is 0 Å². The van der Waals surface area contributed by atoms with E-state index in [2.05, 4.69) is 5.32 Å². The molecule has 0 aromatic heterocycles. The summed E-state index contributed by atoms with van der Waals surface area (Å²) in [5, 5.41) is 3.47. The quantitative estimate of drug-likeness (QED) is 0.0534. The average Bonchev–Trinajstić information content (AvgIpc) is 2.76. The zero-order chi connectivity index (χ0) is 60.2. The first-order valence-corrected chi connectivity index (χ1v) is 29.8. The van der Waals surface area contributed by atoms with Gasteiger partial charge in [-0.3, -0.25) is 4.79 Å². The van der Waals surface area contributed by atoms with Crippen molar-refractivity contribution in [2.75, 3.05) is 0 Å². The molecule has 0 spiro atoms. The van der Waals surface area contributed by atoms with Gasteiger partial charge < -0.3 is 47.9 Å². The second kappa shape index (κ2) is 29.5. The summed E-state index contributed by atoms with van der Waals surface area (Å²) in [6.07, 6.45) is -0.621. The predicted molar refractivity (Wildman–Crippen MR) is 344 cm³/mol. The summed E-state index contributed by atoms with van der Waals surface area (Å²) in [5.74, 6) is 3.45. The minimum absolute atomic E-state index is 0.193. The molecule has 1 aliphatic rings. The molecule has 2 atom stereocenters. The van der Waals surface area contributed by atoms with Crippen LogP contribution in [0.25, 0.3) is 0 Å². The lowest BCUT2D eigenvalue weighted by atomic mass is 9.91. The molecule has 1 amide bonds. The van der Waals surface area contributed by atoms with E-state index in [0.29, 0.717) is 63.9 Å². The summed E-state index contributed by atoms with van der Waals surface area (Å²) < 4.78 is 61.2. The van der Waals surface area contributed by atoms with Gasteiger partial charge in [-0.05, 0) is 68.8 Å². The fourth-order valence-electron chi connectivity index (χ4n) is 10.4. The topological polar surface area (TPSA) is 112 Å². The highest BCUT2D eigenvalue weighted by atomic mass is 16.6. The summed E-state index contributed by atoms with van der Waals surface area (Å²) in [5.41, 5.74) is 9.29. The maximum absolute atomic E-state index is 15.7. The minimum Gasteiger partial charge on any atom is -0.489 e. The Labute approximate surface area is 519 Å². The third-order valence-corrected chi connectivity index (χ3v) is 15.0. The van der Waals surface area contributed by atoms with E-state index < -0.39 is 18.1 Å². The molecule has 11 aromatic carbocycles. The number of fused-ring (bicyclic) bond motifs is 1. The molecule has 0 saturated carbocycles. The highest BCUT2D eigenvalue weighted by Crippen LogP contribution is 2.48. The van der Waals surface area contributed by atoms with E-state index in [9.17, 15) is 0 Å². The van der Waals surface area contributed by atoms with Gasteiger partial charge in [0.2, 0.25) is 11.5 Å². The summed E-state index contributed by atoms with van der Waals surface area (Å²) in [7, 11) is 0. The largest absolute Gasteiger partial charge is 0.489 e. The Kier molecular flexibility index (Phi) is 19.4. The first-order chi connectivity index (χ1) is 44.0. The van der Waals surface area contributed by atoms with Crippen LogP contribution in [0.5, 0.6) is 51.7 Å². The number of hydrogen-bond acceptors (Lipinski definition) is 10. The Balaban J connectivity index is 0.978. The van der Waals surface area contributed by atoms with Gasteiger partial charge in [0, 0.05) is 35.2 Å². The first-order valence-electron chi connectivity index (χ1n) is 29.8. The molecule has 11 nitrogen and oxygen atoms in total. The lowest BCUT2D eigenvalue weighted by molar-refractivity contribution is 0.0833. The maximum Gasteiger partial charge on any atom is 0.251 e. The molecule has 11 aromatic rings. The number of hydrogen-bond donors (Lipinski definition) is 1. The molecule has 89 heavy (non-hydrogen) atoms. The number of ether oxygens (including phenoxy) is 9. The Bertz CT molecular complexity index is 3880. The van der Waals surface area contributed by atoms with E-state index in [0.717, 1.165) is 50.1 Å². The molecule has 1 heterocycles. The maximum atomic E-state index is 15.7. The van der Waals surface area contributed by atoms with Crippen LogP contribution in [0.1, 0.15) is 72.1 Å². The molecule has 1 N–H and O–H groups in total. The number of rotatable bonds is 27. The van der Waals surface area contributed by atoms with Gasteiger partial charge in [0.1, 0.15) is 76.2 Å². The van der Waals surface area contributed by atoms with Crippen LogP contribution in [0, 0.1) is 0 Å². The zero-order valence-corrected chi connectivity index (χ0v) is 49.2. The van der Waals surface area contributed by atoms with Gasteiger partial charge >= 0.3 is 0 Å². The third kappa shape index (κ3) is 15.9. The second-order valence-electron chi connectivity index (χ2n) is 21.6. The monoisotopic (exact) mass is 1180 g/mol. The van der Waals surface area contributed by atoms with Crippen molar-refractivity contribution in [3.05, 3.63) is 340 Å². The van der Waals surface area contributed by atoms with Crippen LogP contribution in [0.4, 0.5) is 0 Å². The molecule has 444 valence electrons. The summed E-state index contributed by atoms with van der Waals surface area (Å²) in [6.45, 7) is 1.84. The van der Waals surface area contributed by atoms with Crippen LogP contribution in [0.2, 0.25) is 0 Å². The molecule has 0 radical (unpaired) electrons. The van der Waals surface area contributed by atoms with Gasteiger partial charge in [0.05, 0.1) is 6.04 Å². The second-order valence-corrected chi connectivity index (χ2v) is 21.6. The normalized spacial score (nSPS) is 13.2. The number of benzene rings is 11. The van der Waals surface area contributed by atoms with E-state index in [4.69, 9.17) is 42.6 Å². The van der Waals surface area contributed by atoms with E-state index in [1.807, 2.05) is 267 Å². The van der Waals surface area contributed by atoms with E-state index >= 15 is 4.79 Å². The molecule has 0 aliphatic carbocycles. The molecule has 12 rings (SSSR count). The lowest BCUT2D eigenvalue weighted by Gasteiger charge is -2.36. The van der Waals surface area contributed by atoms with Crippen molar-refractivity contribution in [1.82, 2.24) is 5.32 Å². The highest BCUT2D eigenvalue weighted by molar-refractivity contribution is 5.96. The van der Waals surface area contributed by atoms with E-state index in [1.54, 1.807) is 12.1 Å². The van der Waals surface area contributed by atoms with Gasteiger partial charge in [-0.15, -0.1) is 0 Å². The van der Waals surface area contributed by atoms with Crippen molar-refractivity contribution in [2.45, 2.75) is 71.4 Å². The molecule has 0 bridgehead atoms. The molecule has 0 fully saturated rings. The SMILES string of the molecule is O=C(N[C@H]1Cc2c(OCc3ccccc3)cc(OCc3ccccc3)cc2O[C@H]1c1cc(OCc2ccccc2)c(OCc2ccccc2)c(OCc2ccccc2)c1)c1cc(OCc2ccccc2)c(OCc2ccccc2)c(OCc2ccccc2)c1. The number of nitrogens with one attached hydrogen (secondary N) is 1. The lowest BCUT2D eigenvalue weighted by Crippen LogP contribution is -2.45. The third-order valence-electron chi connectivity index (χ3n) is 15.0. The molecular weight excluding hydrogens is 1110 g/mol. The van der Waals surface area contributed by atoms with Crippen LogP contribution >= 0.6 is 0 Å². The summed E-state index contributed by atoms with van der Waals surface area (Å²) in [4.78, 5) is 15.7. The predicted octanol–water partition coefficient (Wildman–Crippen LogP) is 16.8. The zero-order valence-electron chi connectivity index (χ0n) is 49.2. The van der Waals surface area contributed by atoms with Crippen molar-refractivity contribution in [3.8, 4) is 51.7 Å². The Hall–Kier alpha value is -10.9. The molecule has 1 aliphatic heterocycles. The van der Waals surface area contributed by atoms with Crippen LogP contribution in [0.3, 0.4) is 0 Å². The fourth-order valence-corrected chi connectivity index (χ4v) is 10.4. The van der Waals surface area contributed by atoms with Crippen molar-refractivity contribution >= 4 is 5.91 Å². The van der Waals surface area contributed by atoms with Crippen LogP contribution in [-0.4, -0.2) is 11.9 Å². The molecular formula is C78H67NO10. The van der Waals surface area contributed by atoms with Crippen LogP contribution in [-0.2, 0) is 59.3 Å². The Morgan fingerprint density at radius 1 is 0.337 bits per heavy atom. The smallest absolute Gasteiger partial charge is 0.251 e. The van der Waals surface area contributed by atoms with Gasteiger partial charge in [-0.2, -0.15) is 0 Å². The number of carbonyl (C=O) groups is 1. The van der Waals surface area contributed by atoms with Gasteiger partial charge in [-0.25, -0.2) is 0 Å². The van der Waals surface area contributed by atoms with Crippen LogP contribution < -0.4 is 47.9 Å². The first kappa shape index (κ1) is 58.5. The van der Waals surface area contributed by atoms with Gasteiger partial charge in [0.25, 0.3) is 5.91 Å². The minimum atomic E-state index is -0.879. The Morgan fingerprint density at radius 3 is 0.966 bits per heavy atom. The van der Waals surface area contributed by atoms with Crippen molar-refractivity contribution in [2.24, 2.45) is 0 Å². The standard InChI is InChI=1S/C78H67NO10/c80-78(65-43-73(85-52-60-33-17-5-18-34-60)77(88-55-63-39-23-8-24-40-63)74(44-65)86-53-61-35-19-6-20-36-61)79-68-47-67-69(82-49-57-27-11-2-12-28-57)45-66(81-48-56-25-9-1-10-26-56)46-70(67)89-75(68)64-41-71(83-50-58-29-13-3-14-30-58)76(87-54-62-37-21-7-22-38-62)72(42-64)84-51-59-31-15-4-16-32-59/h1-46,68,75H,47-55H2,(H,79,80)/t68-,75-/m0/s1. The average molecular weight is 1180 g/mol. The Morgan fingerprint density at radius 2 is 0.629 bits per heavy atom.